The van der Waals surface area contributed by atoms with Gasteiger partial charge in [-0.1, -0.05) is 145 Å². The van der Waals surface area contributed by atoms with Crippen LogP contribution in [-0.4, -0.2) is 27.7 Å². The van der Waals surface area contributed by atoms with Gasteiger partial charge < -0.3 is 10.2 Å². The number of aliphatic hydroxyl groups excluding tert-OH is 1. The quantitative estimate of drug-likeness (QED) is 0.213. The molecule has 43 heavy (non-hydrogen) atoms. The second kappa shape index (κ2) is 18.2. The molecule has 1 aliphatic rings. The van der Waals surface area contributed by atoms with Crippen LogP contribution >= 0.6 is 0 Å². The molecule has 0 aromatic rings. The fourth-order valence-corrected chi connectivity index (χ4v) is 4.20. The minimum absolute atomic E-state index is 0.0357. The Morgan fingerprint density at radius 2 is 1.12 bits per heavy atom. The van der Waals surface area contributed by atoms with Gasteiger partial charge in [-0.05, 0) is 78.4 Å². The van der Waals surface area contributed by atoms with Crippen molar-refractivity contribution in [3.63, 3.8) is 0 Å². The topological polar surface area (TPSA) is 57.5 Å². The highest BCUT2D eigenvalue weighted by Crippen LogP contribution is 2.39. The third kappa shape index (κ3) is 15.5. The zero-order chi connectivity index (χ0) is 32.6. The number of hydrogen-bond acceptors (Lipinski definition) is 3. The van der Waals surface area contributed by atoms with Gasteiger partial charge in [0.1, 0.15) is 6.10 Å². The summed E-state index contributed by atoms with van der Waals surface area (Å²) >= 11 is 0. The lowest BCUT2D eigenvalue weighted by molar-refractivity contribution is -0.116. The van der Waals surface area contributed by atoms with Gasteiger partial charge in [0.05, 0.1) is 5.60 Å². The van der Waals surface area contributed by atoms with Crippen LogP contribution in [0.25, 0.3) is 0 Å². The van der Waals surface area contributed by atoms with Crippen molar-refractivity contribution < 1.29 is 15.0 Å². The van der Waals surface area contributed by atoms with Crippen molar-refractivity contribution in [1.82, 2.24) is 0 Å². The summed E-state index contributed by atoms with van der Waals surface area (Å²) in [6.07, 6.45) is 34.9. The number of hydrogen-bond donors (Lipinski definition) is 2. The SMILES string of the molecule is CC1=C(/C=C/C(C)=C/C=C/C(C)=C/C=C/C=C(C)/C=C/C=C(C)/C=C/C=C(C)/C=C/[C@@H](O)C(C)(C)O)C(C)(C)CCC1=O. The van der Waals surface area contributed by atoms with Crippen LogP contribution in [0.4, 0.5) is 0 Å². The monoisotopic (exact) mass is 582 g/mol. The summed E-state index contributed by atoms with van der Waals surface area (Å²) in [5, 5.41) is 19.7. The predicted octanol–water partition coefficient (Wildman–Crippen LogP) is 9.89. The van der Waals surface area contributed by atoms with Crippen LogP contribution < -0.4 is 0 Å². The molecule has 0 bridgehead atoms. The highest BCUT2D eigenvalue weighted by Gasteiger charge is 2.30. The minimum atomic E-state index is -1.15. The molecule has 0 unspecified atom stereocenters. The van der Waals surface area contributed by atoms with Gasteiger partial charge in [-0.15, -0.1) is 0 Å². The Balaban J connectivity index is 2.65. The summed E-state index contributed by atoms with van der Waals surface area (Å²) in [4.78, 5) is 12.1. The first kappa shape index (κ1) is 37.5. The summed E-state index contributed by atoms with van der Waals surface area (Å²) in [7, 11) is 0. The number of Topliss-reactive ketones (excluding diaryl/α,β-unsaturated/α-hetero) is 1. The van der Waals surface area contributed by atoms with Gasteiger partial charge in [0.15, 0.2) is 5.78 Å². The van der Waals surface area contributed by atoms with Crippen molar-refractivity contribution >= 4 is 5.78 Å². The maximum absolute atomic E-state index is 12.1. The van der Waals surface area contributed by atoms with E-state index in [1.807, 2.05) is 57.2 Å². The van der Waals surface area contributed by atoms with Gasteiger partial charge >= 0.3 is 0 Å². The fraction of sp³-hybridized carbons (Fsp3) is 0.375. The largest absolute Gasteiger partial charge is 0.387 e. The van der Waals surface area contributed by atoms with Crippen molar-refractivity contribution in [2.45, 2.75) is 93.8 Å². The lowest BCUT2D eigenvalue weighted by Gasteiger charge is -2.32. The van der Waals surface area contributed by atoms with Crippen molar-refractivity contribution in [3.8, 4) is 0 Å². The third-order valence-electron chi connectivity index (χ3n) is 7.29. The van der Waals surface area contributed by atoms with E-state index in [1.54, 1.807) is 26.0 Å². The lowest BCUT2D eigenvalue weighted by atomic mass is 9.72. The molecule has 0 saturated heterocycles. The van der Waals surface area contributed by atoms with E-state index >= 15 is 0 Å². The second-order valence-corrected chi connectivity index (χ2v) is 12.7. The summed E-state index contributed by atoms with van der Waals surface area (Å²) in [6.45, 7) is 19.8. The Hall–Kier alpha value is -3.53. The van der Waals surface area contributed by atoms with E-state index in [-0.39, 0.29) is 11.2 Å². The van der Waals surface area contributed by atoms with Gasteiger partial charge in [-0.2, -0.15) is 0 Å². The molecule has 0 spiro atoms. The van der Waals surface area contributed by atoms with Crippen LogP contribution in [0.1, 0.15) is 82.1 Å². The van der Waals surface area contributed by atoms with E-state index < -0.39 is 11.7 Å². The summed E-state index contributed by atoms with van der Waals surface area (Å²) in [5.74, 6) is 0.266. The molecule has 0 heterocycles. The minimum Gasteiger partial charge on any atom is -0.387 e. The lowest BCUT2D eigenvalue weighted by Crippen LogP contribution is -2.34. The Labute approximate surface area is 261 Å². The van der Waals surface area contributed by atoms with Crippen molar-refractivity contribution in [2.24, 2.45) is 5.41 Å². The summed E-state index contributed by atoms with van der Waals surface area (Å²) in [5.41, 5.74) is 6.48. The maximum atomic E-state index is 12.1. The molecule has 0 aromatic carbocycles. The van der Waals surface area contributed by atoms with Gasteiger partial charge in [0.2, 0.25) is 0 Å². The van der Waals surface area contributed by atoms with Gasteiger partial charge in [-0.25, -0.2) is 0 Å². The average Bonchev–Trinajstić information content (AvgIpc) is 2.91. The van der Waals surface area contributed by atoms with Crippen LogP contribution in [0, 0.1) is 5.41 Å². The molecule has 1 rings (SSSR count). The molecule has 1 aliphatic carbocycles. The molecule has 3 heteroatoms. The van der Waals surface area contributed by atoms with Crippen molar-refractivity contribution in [2.75, 3.05) is 0 Å². The number of aliphatic hydroxyl groups is 2. The van der Waals surface area contributed by atoms with E-state index in [2.05, 4.69) is 89.3 Å². The highest BCUT2D eigenvalue weighted by atomic mass is 16.3. The number of allylic oxidation sites excluding steroid dienone is 23. The van der Waals surface area contributed by atoms with E-state index in [9.17, 15) is 15.0 Å². The Bertz CT molecular complexity index is 1330. The molecule has 1 atom stereocenters. The Kier molecular flexibility index (Phi) is 15.9. The standard InChI is InChI=1S/C40H54O3/c1-30(18-13-20-32(3)21-15-23-34(5)25-27-38(42)40(9,10)43)16-11-12-17-31(2)19-14-22-33(4)24-26-36-35(6)37(41)28-29-39(36,7)8/h11-27,38,42-43H,28-29H2,1-10H3/b12-11+,18-13+,19-14+,21-15+,26-24+,27-25+,30-16+,31-17+,32-20+,33-22+,34-23+/t38-/m1/s1. The second-order valence-electron chi connectivity index (χ2n) is 12.7. The number of rotatable bonds is 13. The van der Waals surface area contributed by atoms with Crippen LogP contribution in [0.5, 0.6) is 0 Å². The molecule has 2 N–H and O–H groups in total. The van der Waals surface area contributed by atoms with E-state index in [0.717, 1.165) is 45.4 Å². The number of carbonyl (C=O) groups excluding carboxylic acids is 1. The van der Waals surface area contributed by atoms with Crippen LogP contribution in [0.3, 0.4) is 0 Å². The summed E-state index contributed by atoms with van der Waals surface area (Å²) < 4.78 is 0. The van der Waals surface area contributed by atoms with Gasteiger partial charge in [0, 0.05) is 6.42 Å². The fourth-order valence-electron chi connectivity index (χ4n) is 4.20. The third-order valence-corrected chi connectivity index (χ3v) is 7.29. The smallest absolute Gasteiger partial charge is 0.158 e. The van der Waals surface area contributed by atoms with Gasteiger partial charge in [-0.3, -0.25) is 4.79 Å². The van der Waals surface area contributed by atoms with Crippen LogP contribution in [-0.2, 0) is 4.79 Å². The maximum Gasteiger partial charge on any atom is 0.158 e. The molecule has 3 nitrogen and oxygen atoms in total. The van der Waals surface area contributed by atoms with E-state index in [1.165, 1.54) is 0 Å². The average molecular weight is 583 g/mol. The molecular weight excluding hydrogens is 528 g/mol. The zero-order valence-corrected chi connectivity index (χ0v) is 28.1. The molecular formula is C40H54O3. The first-order valence-corrected chi connectivity index (χ1v) is 15.1. The van der Waals surface area contributed by atoms with Gasteiger partial charge in [0.25, 0.3) is 0 Å². The molecule has 0 radical (unpaired) electrons. The summed E-state index contributed by atoms with van der Waals surface area (Å²) in [6, 6.07) is 0. The van der Waals surface area contributed by atoms with Crippen LogP contribution in [0.2, 0.25) is 0 Å². The molecule has 0 saturated carbocycles. The predicted molar refractivity (Wildman–Crippen MR) is 187 cm³/mol. The first-order valence-electron chi connectivity index (χ1n) is 15.1. The van der Waals surface area contributed by atoms with Crippen molar-refractivity contribution in [1.29, 1.82) is 0 Å². The number of ketones is 1. The van der Waals surface area contributed by atoms with Crippen LogP contribution in [0.15, 0.2) is 142 Å². The molecule has 232 valence electrons. The first-order chi connectivity index (χ1) is 20.0. The van der Waals surface area contributed by atoms with E-state index in [0.29, 0.717) is 6.42 Å². The Morgan fingerprint density at radius 3 is 1.56 bits per heavy atom. The molecule has 0 aliphatic heterocycles. The zero-order valence-electron chi connectivity index (χ0n) is 28.1. The molecule has 0 aromatic heterocycles. The molecule has 0 amide bonds. The molecule has 0 fully saturated rings. The Morgan fingerprint density at radius 1 is 0.721 bits per heavy atom. The van der Waals surface area contributed by atoms with Crippen molar-refractivity contribution in [3.05, 3.63) is 142 Å². The van der Waals surface area contributed by atoms with E-state index in [4.69, 9.17) is 0 Å². The highest BCUT2D eigenvalue weighted by molar-refractivity contribution is 5.97. The normalized spacial score (nSPS) is 19.6. The number of carbonyl (C=O) groups is 1.